The van der Waals surface area contributed by atoms with Gasteiger partial charge in [0.1, 0.15) is 18.1 Å². The van der Waals surface area contributed by atoms with Crippen LogP contribution >= 0.6 is 0 Å². The maximum atomic E-state index is 12.6. The largest absolute Gasteiger partial charge is 0.497 e. The fraction of sp³-hybridized carbons (Fsp3) is 0.111. The van der Waals surface area contributed by atoms with E-state index in [0.29, 0.717) is 28.2 Å². The number of fused-ring (bicyclic) bond motifs is 1. The Bertz CT molecular complexity index is 798. The first-order valence-electron chi connectivity index (χ1n) is 6.77. The molecule has 1 heterocycles. The van der Waals surface area contributed by atoms with E-state index in [0.717, 1.165) is 5.56 Å². The molecular formula is C18H13NO3. The van der Waals surface area contributed by atoms with Crippen molar-refractivity contribution in [3.63, 3.8) is 0 Å². The monoisotopic (exact) mass is 291 g/mol. The number of rotatable bonds is 2. The molecule has 0 radical (unpaired) electrons. The highest BCUT2D eigenvalue weighted by atomic mass is 16.5. The third-order valence-corrected chi connectivity index (χ3v) is 3.49. The number of ether oxygens (including phenoxy) is 2. The smallest absolute Gasteiger partial charge is 0.196 e. The number of carbonyl (C=O) groups excluding carboxylic acids is 1. The second-order valence-corrected chi connectivity index (χ2v) is 4.88. The van der Waals surface area contributed by atoms with Crippen LogP contribution in [-0.4, -0.2) is 19.5 Å². The Kier molecular flexibility index (Phi) is 3.63. The van der Waals surface area contributed by atoms with E-state index in [9.17, 15) is 4.79 Å². The van der Waals surface area contributed by atoms with E-state index >= 15 is 0 Å². The van der Waals surface area contributed by atoms with Gasteiger partial charge in [-0.1, -0.05) is 12.1 Å². The van der Waals surface area contributed by atoms with Crippen LogP contribution in [0.1, 0.15) is 21.5 Å². The zero-order valence-corrected chi connectivity index (χ0v) is 12.0. The number of benzene rings is 2. The number of methoxy groups -OCH3 is 1. The summed E-state index contributed by atoms with van der Waals surface area (Å²) in [5, 5.41) is 8.80. The van der Waals surface area contributed by atoms with E-state index in [1.54, 1.807) is 55.7 Å². The van der Waals surface area contributed by atoms with Crippen LogP contribution < -0.4 is 9.47 Å². The molecule has 0 unspecified atom stereocenters. The summed E-state index contributed by atoms with van der Waals surface area (Å²) in [6.45, 7) is 0.234. The van der Waals surface area contributed by atoms with E-state index in [1.807, 2.05) is 0 Å². The predicted octanol–water partition coefficient (Wildman–Crippen LogP) is 3.23. The molecule has 0 aromatic heterocycles. The number of hydrogen-bond acceptors (Lipinski definition) is 4. The van der Waals surface area contributed by atoms with Crippen LogP contribution in [0, 0.1) is 11.3 Å². The molecule has 22 heavy (non-hydrogen) atoms. The van der Waals surface area contributed by atoms with Gasteiger partial charge in [-0.3, -0.25) is 4.79 Å². The molecule has 0 saturated carbocycles. The molecule has 0 atom stereocenters. The molecule has 3 rings (SSSR count). The normalized spacial score (nSPS) is 14.9. The predicted molar refractivity (Wildman–Crippen MR) is 82.0 cm³/mol. The Balaban J connectivity index is 1.94. The van der Waals surface area contributed by atoms with E-state index < -0.39 is 0 Å². The molecule has 4 heteroatoms. The van der Waals surface area contributed by atoms with Crippen LogP contribution in [0.5, 0.6) is 11.5 Å². The highest BCUT2D eigenvalue weighted by Gasteiger charge is 2.23. The second kappa shape index (κ2) is 5.74. The fourth-order valence-corrected chi connectivity index (χ4v) is 2.30. The van der Waals surface area contributed by atoms with Gasteiger partial charge in [0.2, 0.25) is 0 Å². The molecular weight excluding hydrogens is 278 g/mol. The van der Waals surface area contributed by atoms with Crippen LogP contribution in [0.25, 0.3) is 6.08 Å². The third-order valence-electron chi connectivity index (χ3n) is 3.49. The van der Waals surface area contributed by atoms with E-state index in [1.165, 1.54) is 0 Å². The van der Waals surface area contributed by atoms with E-state index in [4.69, 9.17) is 14.7 Å². The minimum Gasteiger partial charge on any atom is -0.497 e. The first-order chi connectivity index (χ1) is 10.7. The molecule has 0 amide bonds. The van der Waals surface area contributed by atoms with Crippen molar-refractivity contribution in [1.82, 2.24) is 0 Å². The lowest BCUT2D eigenvalue weighted by atomic mass is 9.98. The van der Waals surface area contributed by atoms with Crippen LogP contribution in [0.15, 0.2) is 48.0 Å². The van der Waals surface area contributed by atoms with Crippen LogP contribution in [0.4, 0.5) is 0 Å². The van der Waals surface area contributed by atoms with Crippen molar-refractivity contribution in [2.45, 2.75) is 0 Å². The van der Waals surface area contributed by atoms with Gasteiger partial charge in [-0.2, -0.15) is 5.26 Å². The summed E-state index contributed by atoms with van der Waals surface area (Å²) in [7, 11) is 1.56. The lowest BCUT2D eigenvalue weighted by Crippen LogP contribution is -2.19. The zero-order valence-electron chi connectivity index (χ0n) is 12.0. The number of nitrogens with zero attached hydrogens (tertiary/aromatic N) is 1. The summed E-state index contributed by atoms with van der Waals surface area (Å²) in [4.78, 5) is 12.6. The van der Waals surface area contributed by atoms with Crippen molar-refractivity contribution < 1.29 is 14.3 Å². The van der Waals surface area contributed by atoms with Gasteiger partial charge in [0.15, 0.2) is 5.78 Å². The molecule has 2 aromatic rings. The topological polar surface area (TPSA) is 59.3 Å². The first-order valence-corrected chi connectivity index (χ1v) is 6.77. The van der Waals surface area contributed by atoms with Crippen molar-refractivity contribution in [2.24, 2.45) is 0 Å². The minimum atomic E-state index is -0.0653. The second-order valence-electron chi connectivity index (χ2n) is 4.88. The molecule has 2 aromatic carbocycles. The van der Waals surface area contributed by atoms with Gasteiger partial charge in [-0.25, -0.2) is 0 Å². The van der Waals surface area contributed by atoms with Crippen molar-refractivity contribution >= 4 is 11.9 Å². The SMILES string of the molecule is COc1ccc2c(c1)C(=O)/C(=C\c1ccc(C#N)cc1)CO2. The van der Waals surface area contributed by atoms with Gasteiger partial charge < -0.3 is 9.47 Å². The van der Waals surface area contributed by atoms with Crippen molar-refractivity contribution in [3.8, 4) is 17.6 Å². The maximum absolute atomic E-state index is 12.6. The Morgan fingerprint density at radius 1 is 1.23 bits per heavy atom. The Morgan fingerprint density at radius 2 is 2.00 bits per heavy atom. The van der Waals surface area contributed by atoms with E-state index in [-0.39, 0.29) is 12.4 Å². The van der Waals surface area contributed by atoms with Gasteiger partial charge in [0, 0.05) is 5.57 Å². The molecule has 0 N–H and O–H groups in total. The van der Waals surface area contributed by atoms with Crippen molar-refractivity contribution in [2.75, 3.05) is 13.7 Å². The summed E-state index contributed by atoms with van der Waals surface area (Å²) >= 11 is 0. The Labute approximate surface area is 128 Å². The number of hydrogen-bond donors (Lipinski definition) is 0. The Morgan fingerprint density at radius 3 is 2.68 bits per heavy atom. The number of carbonyl (C=O) groups is 1. The average Bonchev–Trinajstić information content (AvgIpc) is 2.58. The fourth-order valence-electron chi connectivity index (χ4n) is 2.30. The average molecular weight is 291 g/mol. The summed E-state index contributed by atoms with van der Waals surface area (Å²) in [5.41, 5.74) is 2.52. The number of Topliss-reactive ketones (excluding diaryl/α,β-unsaturated/α-hetero) is 1. The quantitative estimate of drug-likeness (QED) is 0.797. The van der Waals surface area contributed by atoms with Crippen LogP contribution in [0.3, 0.4) is 0 Å². The molecule has 4 nitrogen and oxygen atoms in total. The lowest BCUT2D eigenvalue weighted by molar-refractivity contribution is 0.100. The van der Waals surface area contributed by atoms with Gasteiger partial charge in [-0.15, -0.1) is 0 Å². The van der Waals surface area contributed by atoms with Gasteiger partial charge in [0.05, 0.1) is 24.3 Å². The molecule has 0 aliphatic carbocycles. The molecule has 1 aliphatic heterocycles. The molecule has 0 bridgehead atoms. The first kappa shape index (κ1) is 13.9. The van der Waals surface area contributed by atoms with Gasteiger partial charge in [-0.05, 0) is 42.0 Å². The van der Waals surface area contributed by atoms with Crippen molar-refractivity contribution in [1.29, 1.82) is 5.26 Å². The summed E-state index contributed by atoms with van der Waals surface area (Å²) in [5.74, 6) is 1.13. The maximum Gasteiger partial charge on any atom is 0.196 e. The van der Waals surface area contributed by atoms with Crippen LogP contribution in [0.2, 0.25) is 0 Å². The molecule has 0 saturated heterocycles. The lowest BCUT2D eigenvalue weighted by Gasteiger charge is -2.19. The van der Waals surface area contributed by atoms with Crippen LogP contribution in [-0.2, 0) is 0 Å². The molecule has 0 fully saturated rings. The summed E-state index contributed by atoms with van der Waals surface area (Å²) in [6.07, 6.45) is 1.78. The summed E-state index contributed by atoms with van der Waals surface area (Å²) in [6, 6.07) is 14.3. The highest BCUT2D eigenvalue weighted by molar-refractivity contribution is 6.14. The van der Waals surface area contributed by atoms with Gasteiger partial charge in [0.25, 0.3) is 0 Å². The third kappa shape index (κ3) is 2.57. The molecule has 1 aliphatic rings. The zero-order chi connectivity index (χ0) is 15.5. The molecule has 108 valence electrons. The minimum absolute atomic E-state index is 0.0653. The number of nitriles is 1. The Hall–Kier alpha value is -3.06. The van der Waals surface area contributed by atoms with Crippen molar-refractivity contribution in [3.05, 3.63) is 64.7 Å². The molecule has 0 spiro atoms. The number of ketones is 1. The van der Waals surface area contributed by atoms with Gasteiger partial charge >= 0.3 is 0 Å². The van der Waals surface area contributed by atoms with E-state index in [2.05, 4.69) is 6.07 Å². The standard InChI is InChI=1S/C18H13NO3/c1-21-15-6-7-17-16(9-15)18(20)14(11-22-17)8-12-2-4-13(10-19)5-3-12/h2-9H,11H2,1H3/b14-8-. The summed E-state index contributed by atoms with van der Waals surface area (Å²) < 4.78 is 10.8. The highest BCUT2D eigenvalue weighted by Crippen LogP contribution is 2.31.